The lowest BCUT2D eigenvalue weighted by Gasteiger charge is -2.08. The van der Waals surface area contributed by atoms with Gasteiger partial charge in [0.1, 0.15) is 0 Å². The smallest absolute Gasteiger partial charge is 0.221 e. The van der Waals surface area contributed by atoms with Crippen LogP contribution in [0.1, 0.15) is 24.2 Å². The first-order chi connectivity index (χ1) is 9.95. The van der Waals surface area contributed by atoms with Crippen molar-refractivity contribution < 1.29 is 9.59 Å². The zero-order chi connectivity index (χ0) is 15.4. The van der Waals surface area contributed by atoms with Crippen molar-refractivity contribution in [1.82, 2.24) is 0 Å². The summed E-state index contributed by atoms with van der Waals surface area (Å²) in [5.41, 5.74) is 1.46. The fourth-order valence-electron chi connectivity index (χ4n) is 1.81. The van der Waals surface area contributed by atoms with Crippen LogP contribution >= 0.6 is 27.7 Å². The molecule has 0 fully saturated rings. The van der Waals surface area contributed by atoms with Gasteiger partial charge in [-0.05, 0) is 49.4 Å². The Bertz CT molecular complexity index is 683. The SMILES string of the molecule is CC(=O)Nc1ccc(Sc2cc(Br)ccc2C(C)=O)cc1. The maximum Gasteiger partial charge on any atom is 0.221 e. The van der Waals surface area contributed by atoms with Gasteiger partial charge < -0.3 is 5.32 Å². The molecule has 3 nitrogen and oxygen atoms in total. The summed E-state index contributed by atoms with van der Waals surface area (Å²) in [6.45, 7) is 3.04. The van der Waals surface area contributed by atoms with E-state index in [1.165, 1.54) is 18.7 Å². The molecule has 21 heavy (non-hydrogen) atoms. The quantitative estimate of drug-likeness (QED) is 0.796. The molecule has 1 N–H and O–H groups in total. The lowest BCUT2D eigenvalue weighted by atomic mass is 10.1. The molecule has 0 heterocycles. The summed E-state index contributed by atoms with van der Waals surface area (Å²) in [6.07, 6.45) is 0. The van der Waals surface area contributed by atoms with Crippen LogP contribution in [-0.2, 0) is 4.79 Å². The minimum atomic E-state index is -0.0961. The zero-order valence-electron chi connectivity index (χ0n) is 11.6. The highest BCUT2D eigenvalue weighted by molar-refractivity contribution is 9.10. The van der Waals surface area contributed by atoms with Crippen molar-refractivity contribution >= 4 is 45.1 Å². The number of carbonyl (C=O) groups excluding carboxylic acids is 2. The van der Waals surface area contributed by atoms with Crippen molar-refractivity contribution in [3.8, 4) is 0 Å². The van der Waals surface area contributed by atoms with Gasteiger partial charge in [0.05, 0.1) is 0 Å². The topological polar surface area (TPSA) is 46.2 Å². The van der Waals surface area contributed by atoms with Gasteiger partial charge in [-0.25, -0.2) is 0 Å². The number of anilines is 1. The Labute approximate surface area is 136 Å². The van der Waals surface area contributed by atoms with Gasteiger partial charge in [0.25, 0.3) is 0 Å². The van der Waals surface area contributed by atoms with Crippen molar-refractivity contribution in [2.45, 2.75) is 23.6 Å². The predicted octanol–water partition coefficient (Wildman–Crippen LogP) is 4.76. The van der Waals surface area contributed by atoms with Gasteiger partial charge >= 0.3 is 0 Å². The average Bonchev–Trinajstić information content (AvgIpc) is 2.40. The number of rotatable bonds is 4. The molecule has 0 aliphatic carbocycles. The van der Waals surface area contributed by atoms with E-state index in [0.29, 0.717) is 5.56 Å². The first-order valence-corrected chi connectivity index (χ1v) is 7.92. The molecule has 0 radical (unpaired) electrons. The molecule has 0 saturated heterocycles. The van der Waals surface area contributed by atoms with E-state index in [-0.39, 0.29) is 11.7 Å². The minimum Gasteiger partial charge on any atom is -0.326 e. The Kier molecular flexibility index (Phi) is 5.20. The highest BCUT2D eigenvalue weighted by Crippen LogP contribution is 2.33. The number of hydrogen-bond donors (Lipinski definition) is 1. The number of nitrogens with one attached hydrogen (secondary N) is 1. The third kappa shape index (κ3) is 4.44. The lowest BCUT2D eigenvalue weighted by Crippen LogP contribution is -2.05. The van der Waals surface area contributed by atoms with Crippen LogP contribution in [0.3, 0.4) is 0 Å². The second kappa shape index (κ2) is 6.91. The summed E-state index contributed by atoms with van der Waals surface area (Å²) < 4.78 is 0.935. The number of benzene rings is 2. The Morgan fingerprint density at radius 2 is 1.71 bits per heavy atom. The van der Waals surface area contributed by atoms with Crippen LogP contribution in [0.2, 0.25) is 0 Å². The van der Waals surface area contributed by atoms with Gasteiger partial charge in [-0.2, -0.15) is 0 Å². The molecule has 0 unspecified atom stereocenters. The van der Waals surface area contributed by atoms with E-state index < -0.39 is 0 Å². The van der Waals surface area contributed by atoms with E-state index in [1.54, 1.807) is 6.92 Å². The molecule has 0 atom stereocenters. The van der Waals surface area contributed by atoms with Gasteiger partial charge in [0.15, 0.2) is 5.78 Å². The number of carbonyl (C=O) groups is 2. The van der Waals surface area contributed by atoms with Crippen molar-refractivity contribution in [2.24, 2.45) is 0 Å². The lowest BCUT2D eigenvalue weighted by molar-refractivity contribution is -0.114. The van der Waals surface area contributed by atoms with Gasteiger partial charge in [0.2, 0.25) is 5.91 Å². The Balaban J connectivity index is 2.23. The molecular weight excluding hydrogens is 350 g/mol. The van der Waals surface area contributed by atoms with Gasteiger partial charge in [-0.3, -0.25) is 9.59 Å². The Morgan fingerprint density at radius 3 is 2.29 bits per heavy atom. The molecule has 2 aromatic rings. The highest BCUT2D eigenvalue weighted by Gasteiger charge is 2.09. The maximum absolute atomic E-state index is 11.7. The van der Waals surface area contributed by atoms with E-state index >= 15 is 0 Å². The van der Waals surface area contributed by atoms with Crippen molar-refractivity contribution in [3.05, 3.63) is 52.5 Å². The van der Waals surface area contributed by atoms with Crippen molar-refractivity contribution in [2.75, 3.05) is 5.32 Å². The first kappa shape index (κ1) is 15.8. The van der Waals surface area contributed by atoms with Gasteiger partial charge in [-0.1, -0.05) is 27.7 Å². The second-order valence-corrected chi connectivity index (χ2v) is 6.54. The van der Waals surface area contributed by atoms with E-state index in [9.17, 15) is 9.59 Å². The van der Waals surface area contributed by atoms with Crippen LogP contribution in [0, 0.1) is 0 Å². The first-order valence-electron chi connectivity index (χ1n) is 6.31. The third-order valence-electron chi connectivity index (χ3n) is 2.73. The molecule has 108 valence electrons. The Hall–Kier alpha value is -1.59. The standard InChI is InChI=1S/C16H14BrNO2S/c1-10(19)15-8-3-12(17)9-16(15)21-14-6-4-13(5-7-14)18-11(2)20/h3-9H,1-2H3,(H,18,20). The third-order valence-corrected chi connectivity index (χ3v) is 4.28. The predicted molar refractivity (Wildman–Crippen MR) is 89.0 cm³/mol. The summed E-state index contributed by atoms with van der Waals surface area (Å²) in [5.74, 6) is -0.0545. The van der Waals surface area contributed by atoms with Crippen LogP contribution in [0.25, 0.3) is 0 Å². The number of hydrogen-bond acceptors (Lipinski definition) is 3. The summed E-state index contributed by atoms with van der Waals surface area (Å²) >= 11 is 4.95. The Morgan fingerprint density at radius 1 is 1.05 bits per heavy atom. The van der Waals surface area contributed by atoms with Gasteiger partial charge in [-0.15, -0.1) is 0 Å². The molecule has 5 heteroatoms. The molecule has 0 saturated carbocycles. The summed E-state index contributed by atoms with van der Waals surface area (Å²) in [5, 5.41) is 2.72. The minimum absolute atomic E-state index is 0.0415. The molecule has 1 amide bonds. The van der Waals surface area contributed by atoms with E-state index in [4.69, 9.17) is 0 Å². The molecule has 2 aromatic carbocycles. The van der Waals surface area contributed by atoms with Crippen molar-refractivity contribution in [3.63, 3.8) is 0 Å². The number of Topliss-reactive ketones (excluding diaryl/α,β-unsaturated/α-hetero) is 1. The average molecular weight is 364 g/mol. The molecule has 0 aromatic heterocycles. The van der Waals surface area contributed by atoms with Crippen LogP contribution in [-0.4, -0.2) is 11.7 Å². The second-order valence-electron chi connectivity index (χ2n) is 4.50. The zero-order valence-corrected chi connectivity index (χ0v) is 14.0. The maximum atomic E-state index is 11.7. The number of halogens is 1. The molecular formula is C16H14BrNO2S. The largest absolute Gasteiger partial charge is 0.326 e. The summed E-state index contributed by atoms with van der Waals surface area (Å²) in [6, 6.07) is 13.1. The number of ketones is 1. The number of amides is 1. The normalized spacial score (nSPS) is 10.2. The van der Waals surface area contributed by atoms with E-state index in [0.717, 1.165) is 20.0 Å². The molecule has 0 aliphatic rings. The van der Waals surface area contributed by atoms with E-state index in [2.05, 4.69) is 21.2 Å². The summed E-state index contributed by atoms with van der Waals surface area (Å²) in [7, 11) is 0. The molecule has 0 spiro atoms. The monoisotopic (exact) mass is 363 g/mol. The molecule has 0 bridgehead atoms. The summed E-state index contributed by atoms with van der Waals surface area (Å²) in [4.78, 5) is 24.6. The van der Waals surface area contributed by atoms with Gasteiger partial charge in [0, 0.05) is 32.4 Å². The van der Waals surface area contributed by atoms with Crippen LogP contribution in [0.15, 0.2) is 56.7 Å². The van der Waals surface area contributed by atoms with Crippen LogP contribution in [0.4, 0.5) is 5.69 Å². The van der Waals surface area contributed by atoms with Crippen LogP contribution in [0.5, 0.6) is 0 Å². The van der Waals surface area contributed by atoms with Crippen LogP contribution < -0.4 is 5.32 Å². The fraction of sp³-hybridized carbons (Fsp3) is 0.125. The molecule has 2 rings (SSSR count). The van der Waals surface area contributed by atoms with E-state index in [1.807, 2.05) is 42.5 Å². The highest BCUT2D eigenvalue weighted by atomic mass is 79.9. The van der Waals surface area contributed by atoms with Crippen molar-refractivity contribution in [1.29, 1.82) is 0 Å². The molecule has 0 aliphatic heterocycles. The fourth-order valence-corrected chi connectivity index (χ4v) is 3.35.